The molecule has 0 saturated heterocycles. The molecule has 19 heavy (non-hydrogen) atoms. The highest BCUT2D eigenvalue weighted by atomic mass is 16.6. The van der Waals surface area contributed by atoms with Crippen molar-refractivity contribution in [1.29, 1.82) is 0 Å². The summed E-state index contributed by atoms with van der Waals surface area (Å²) in [6.07, 6.45) is 2.48. The van der Waals surface area contributed by atoms with Gasteiger partial charge in [0, 0.05) is 24.2 Å². The molecule has 0 fully saturated rings. The van der Waals surface area contributed by atoms with Crippen LogP contribution in [0.1, 0.15) is 24.1 Å². The summed E-state index contributed by atoms with van der Waals surface area (Å²) in [6.45, 7) is 4.21. The summed E-state index contributed by atoms with van der Waals surface area (Å²) >= 11 is 0. The van der Waals surface area contributed by atoms with Crippen molar-refractivity contribution < 1.29 is 9.34 Å². The van der Waals surface area contributed by atoms with Gasteiger partial charge in [0.25, 0.3) is 5.69 Å². The fourth-order valence-corrected chi connectivity index (χ4v) is 1.74. The molecule has 0 saturated carbocycles. The number of aromatic nitrogens is 1. The van der Waals surface area contributed by atoms with Crippen LogP contribution in [-0.4, -0.2) is 9.91 Å². The molecule has 0 aliphatic rings. The molecule has 0 aliphatic carbocycles. The predicted octanol–water partition coefficient (Wildman–Crippen LogP) is 3.07. The van der Waals surface area contributed by atoms with Crippen molar-refractivity contribution in [3.05, 3.63) is 51.7 Å². The van der Waals surface area contributed by atoms with Crippen molar-refractivity contribution >= 4 is 11.4 Å². The highest BCUT2D eigenvalue weighted by molar-refractivity contribution is 5.53. The number of rotatable bonds is 5. The molecular formula is C13H15N3O3. The summed E-state index contributed by atoms with van der Waals surface area (Å²) in [6, 6.07) is 4.87. The van der Waals surface area contributed by atoms with E-state index in [0.717, 1.165) is 17.7 Å². The van der Waals surface area contributed by atoms with Crippen LogP contribution in [0.25, 0.3) is 0 Å². The molecule has 1 heterocycles. The lowest BCUT2D eigenvalue weighted by molar-refractivity contribution is -0.384. The minimum Gasteiger partial charge on any atom is -0.444 e. The average molecular weight is 261 g/mol. The van der Waals surface area contributed by atoms with Crippen LogP contribution >= 0.6 is 0 Å². The quantitative estimate of drug-likeness (QED) is 0.660. The molecule has 6 heteroatoms. The average Bonchev–Trinajstić information content (AvgIpc) is 2.83. The number of non-ortho nitro benzene ring substituents is 1. The number of hydrogen-bond acceptors (Lipinski definition) is 5. The van der Waals surface area contributed by atoms with Crippen molar-refractivity contribution in [2.24, 2.45) is 0 Å². The van der Waals surface area contributed by atoms with Gasteiger partial charge in [-0.3, -0.25) is 10.1 Å². The van der Waals surface area contributed by atoms with Gasteiger partial charge >= 0.3 is 0 Å². The Labute approximate surface area is 110 Å². The van der Waals surface area contributed by atoms with Gasteiger partial charge in [-0.15, -0.1) is 0 Å². The van der Waals surface area contributed by atoms with E-state index in [-0.39, 0.29) is 5.69 Å². The lowest BCUT2D eigenvalue weighted by Crippen LogP contribution is -2.00. The second-order valence-corrected chi connectivity index (χ2v) is 4.24. The first-order valence-corrected chi connectivity index (χ1v) is 6.02. The Morgan fingerprint density at radius 3 is 2.84 bits per heavy atom. The largest absolute Gasteiger partial charge is 0.444 e. The van der Waals surface area contributed by atoms with E-state index in [4.69, 9.17) is 4.42 Å². The zero-order valence-electron chi connectivity index (χ0n) is 10.8. The molecule has 1 N–H and O–H groups in total. The minimum absolute atomic E-state index is 0.0733. The van der Waals surface area contributed by atoms with Crippen LogP contribution in [0.15, 0.2) is 28.8 Å². The van der Waals surface area contributed by atoms with Gasteiger partial charge in [-0.2, -0.15) is 0 Å². The van der Waals surface area contributed by atoms with Gasteiger partial charge in [-0.25, -0.2) is 4.98 Å². The fraction of sp³-hybridized carbons (Fsp3) is 0.308. The van der Waals surface area contributed by atoms with Crippen molar-refractivity contribution in [3.8, 4) is 0 Å². The van der Waals surface area contributed by atoms with Crippen molar-refractivity contribution in [2.75, 3.05) is 5.32 Å². The van der Waals surface area contributed by atoms with Crippen molar-refractivity contribution in [3.63, 3.8) is 0 Å². The van der Waals surface area contributed by atoms with E-state index in [1.165, 1.54) is 12.1 Å². The summed E-state index contributed by atoms with van der Waals surface area (Å²) in [7, 11) is 0. The van der Waals surface area contributed by atoms with E-state index < -0.39 is 4.92 Å². The normalized spacial score (nSPS) is 10.4. The van der Waals surface area contributed by atoms with Crippen LogP contribution < -0.4 is 5.32 Å². The van der Waals surface area contributed by atoms with Crippen LogP contribution in [0.2, 0.25) is 0 Å². The van der Waals surface area contributed by atoms with Gasteiger partial charge in [0.05, 0.1) is 17.7 Å². The molecule has 0 atom stereocenters. The Kier molecular flexibility index (Phi) is 3.79. The third kappa shape index (κ3) is 3.31. The molecule has 0 bridgehead atoms. The number of nitro benzene ring substituents is 1. The second kappa shape index (κ2) is 5.51. The molecule has 2 rings (SSSR count). The first-order valence-electron chi connectivity index (χ1n) is 6.02. The van der Waals surface area contributed by atoms with E-state index >= 15 is 0 Å². The molecule has 0 amide bonds. The van der Waals surface area contributed by atoms with Gasteiger partial charge in [-0.05, 0) is 18.6 Å². The third-order valence-electron chi connectivity index (χ3n) is 2.67. The van der Waals surface area contributed by atoms with Gasteiger partial charge in [0.15, 0.2) is 0 Å². The standard InChI is InChI=1S/C13H15N3O3/c1-3-12-7-15-13(19-12)8-14-10-4-9(2)5-11(6-10)16(17)18/h4-7,14H,3,8H2,1-2H3. The number of nitrogens with zero attached hydrogens (tertiary/aromatic N) is 2. The van der Waals surface area contributed by atoms with Crippen LogP contribution in [0.4, 0.5) is 11.4 Å². The lowest BCUT2D eigenvalue weighted by atomic mass is 10.2. The summed E-state index contributed by atoms with van der Waals surface area (Å²) < 4.78 is 5.45. The Morgan fingerprint density at radius 2 is 2.21 bits per heavy atom. The Bertz CT molecular complexity index is 593. The maximum Gasteiger partial charge on any atom is 0.271 e. The SMILES string of the molecule is CCc1cnc(CNc2cc(C)cc([N+](=O)[O-])c2)o1. The molecule has 0 aliphatic heterocycles. The number of benzene rings is 1. The molecule has 0 spiro atoms. The zero-order chi connectivity index (χ0) is 13.8. The molecule has 2 aromatic rings. The van der Waals surface area contributed by atoms with Gasteiger partial charge in [-0.1, -0.05) is 6.92 Å². The number of hydrogen-bond donors (Lipinski definition) is 1. The Hall–Kier alpha value is -2.37. The van der Waals surface area contributed by atoms with Gasteiger partial charge < -0.3 is 9.73 Å². The number of nitro groups is 1. The minimum atomic E-state index is -0.404. The zero-order valence-corrected chi connectivity index (χ0v) is 10.8. The second-order valence-electron chi connectivity index (χ2n) is 4.24. The molecule has 1 aromatic carbocycles. The molecule has 0 radical (unpaired) electrons. The van der Waals surface area contributed by atoms with Crippen molar-refractivity contribution in [1.82, 2.24) is 4.98 Å². The van der Waals surface area contributed by atoms with Crippen molar-refractivity contribution in [2.45, 2.75) is 26.8 Å². The maximum atomic E-state index is 10.8. The summed E-state index contributed by atoms with van der Waals surface area (Å²) in [5.41, 5.74) is 1.59. The molecule has 0 unspecified atom stereocenters. The first-order chi connectivity index (χ1) is 9.08. The van der Waals surface area contributed by atoms with Gasteiger partial charge in [0.2, 0.25) is 5.89 Å². The van der Waals surface area contributed by atoms with E-state index in [1.807, 2.05) is 19.9 Å². The predicted molar refractivity (Wildman–Crippen MR) is 71.0 cm³/mol. The van der Waals surface area contributed by atoms with Crippen LogP contribution in [0.3, 0.4) is 0 Å². The topological polar surface area (TPSA) is 81.2 Å². The van der Waals surface area contributed by atoms with Gasteiger partial charge in [0.1, 0.15) is 5.76 Å². The lowest BCUT2D eigenvalue weighted by Gasteiger charge is -2.05. The first kappa shape index (κ1) is 13.1. The number of oxazole rings is 1. The van der Waals surface area contributed by atoms with E-state index in [2.05, 4.69) is 10.3 Å². The number of anilines is 1. The number of aryl methyl sites for hydroxylation is 2. The summed E-state index contributed by atoms with van der Waals surface area (Å²) in [5, 5.41) is 13.8. The van der Waals surface area contributed by atoms with E-state index in [0.29, 0.717) is 18.1 Å². The molecule has 1 aromatic heterocycles. The van der Waals surface area contributed by atoms with E-state index in [9.17, 15) is 10.1 Å². The fourth-order valence-electron chi connectivity index (χ4n) is 1.74. The maximum absolute atomic E-state index is 10.8. The van der Waals surface area contributed by atoms with E-state index in [1.54, 1.807) is 6.20 Å². The summed E-state index contributed by atoms with van der Waals surface area (Å²) in [5.74, 6) is 1.40. The third-order valence-corrected chi connectivity index (χ3v) is 2.67. The highest BCUT2D eigenvalue weighted by Crippen LogP contribution is 2.21. The van der Waals surface area contributed by atoms with Crippen LogP contribution in [-0.2, 0) is 13.0 Å². The van der Waals surface area contributed by atoms with Crippen LogP contribution in [0, 0.1) is 17.0 Å². The Balaban J connectivity index is 2.08. The number of nitrogens with one attached hydrogen (secondary N) is 1. The summed E-state index contributed by atoms with van der Waals surface area (Å²) in [4.78, 5) is 14.5. The van der Waals surface area contributed by atoms with Crippen LogP contribution in [0.5, 0.6) is 0 Å². The Morgan fingerprint density at radius 1 is 1.42 bits per heavy atom. The molecule has 6 nitrogen and oxygen atoms in total. The smallest absolute Gasteiger partial charge is 0.271 e. The molecular weight excluding hydrogens is 246 g/mol. The molecule has 100 valence electrons. The monoisotopic (exact) mass is 261 g/mol. The highest BCUT2D eigenvalue weighted by Gasteiger charge is 2.08.